The molecule has 37 heavy (non-hydrogen) atoms. The van der Waals surface area contributed by atoms with Gasteiger partial charge in [-0.05, 0) is 64.0 Å². The lowest BCUT2D eigenvalue weighted by molar-refractivity contribution is 0.0916. The Labute approximate surface area is 219 Å². The van der Waals surface area contributed by atoms with E-state index in [1.165, 1.54) is 25.7 Å². The highest BCUT2D eigenvalue weighted by Gasteiger charge is 2.30. The van der Waals surface area contributed by atoms with Crippen molar-refractivity contribution in [2.24, 2.45) is 0 Å². The van der Waals surface area contributed by atoms with Crippen LogP contribution in [0.15, 0.2) is 36.7 Å². The summed E-state index contributed by atoms with van der Waals surface area (Å²) < 4.78 is 5.64. The van der Waals surface area contributed by atoms with Crippen LogP contribution in [0.5, 0.6) is 5.75 Å². The molecule has 5 rings (SSSR count). The third-order valence-electron chi connectivity index (χ3n) is 8.03. The summed E-state index contributed by atoms with van der Waals surface area (Å²) in [6.45, 7) is 7.17. The standard InChI is InChI=1S/C28H39N7O2/c1-19-11-16-35(22-7-5-6-8-22)26-24(34(19)3)18-29-28(32-26)31-23-10-9-20(17-25(23)37-4)27(36)30-21-12-14-33(2)15-13-21/h9-10,17-18,21-22H,1,5-8,11-16H2,2-4H3,(H,30,36)(H,29,31,32). The summed E-state index contributed by atoms with van der Waals surface area (Å²) >= 11 is 0. The van der Waals surface area contributed by atoms with Crippen LogP contribution in [0, 0.1) is 0 Å². The van der Waals surface area contributed by atoms with Crippen LogP contribution in [0.1, 0.15) is 55.3 Å². The Hall–Kier alpha value is -3.33. The second kappa shape index (κ2) is 11.0. The van der Waals surface area contributed by atoms with E-state index in [0.29, 0.717) is 23.3 Å². The Morgan fingerprint density at radius 1 is 1.11 bits per heavy atom. The van der Waals surface area contributed by atoms with Gasteiger partial charge in [0.05, 0.1) is 19.0 Å². The topological polar surface area (TPSA) is 85.9 Å². The Morgan fingerprint density at radius 2 is 1.86 bits per heavy atom. The maximum Gasteiger partial charge on any atom is 0.251 e. The molecule has 1 saturated carbocycles. The highest BCUT2D eigenvalue weighted by atomic mass is 16.5. The van der Waals surface area contributed by atoms with Crippen LogP contribution < -0.4 is 25.2 Å². The van der Waals surface area contributed by atoms with E-state index in [0.717, 1.165) is 61.8 Å². The molecular formula is C28H39N7O2. The number of nitrogens with zero attached hydrogens (tertiary/aromatic N) is 5. The normalized spacial score (nSPS) is 19.5. The van der Waals surface area contributed by atoms with Crippen LogP contribution in [-0.4, -0.2) is 73.7 Å². The van der Waals surface area contributed by atoms with E-state index in [-0.39, 0.29) is 11.9 Å². The van der Waals surface area contributed by atoms with Gasteiger partial charge in [-0.15, -0.1) is 0 Å². The molecule has 0 bridgehead atoms. The van der Waals surface area contributed by atoms with Gasteiger partial charge >= 0.3 is 0 Å². The molecule has 0 radical (unpaired) electrons. The lowest BCUT2D eigenvalue weighted by atomic mass is 10.0. The highest BCUT2D eigenvalue weighted by Crippen LogP contribution is 2.38. The number of rotatable bonds is 6. The molecule has 9 heteroatoms. The molecule has 0 spiro atoms. The van der Waals surface area contributed by atoms with Gasteiger partial charge in [-0.2, -0.15) is 4.98 Å². The monoisotopic (exact) mass is 505 g/mol. The number of aromatic nitrogens is 2. The third kappa shape index (κ3) is 5.51. The predicted molar refractivity (Wildman–Crippen MR) is 148 cm³/mol. The van der Waals surface area contributed by atoms with E-state index in [2.05, 4.69) is 43.9 Å². The zero-order valence-corrected chi connectivity index (χ0v) is 22.3. The molecule has 2 N–H and O–H groups in total. The summed E-state index contributed by atoms with van der Waals surface area (Å²) in [5.41, 5.74) is 3.35. The van der Waals surface area contributed by atoms with E-state index < -0.39 is 0 Å². The zero-order chi connectivity index (χ0) is 25.9. The van der Waals surface area contributed by atoms with Crippen molar-refractivity contribution >= 4 is 29.0 Å². The van der Waals surface area contributed by atoms with E-state index in [9.17, 15) is 4.79 Å². The zero-order valence-electron chi connectivity index (χ0n) is 22.3. The molecule has 1 aliphatic carbocycles. The predicted octanol–water partition coefficient (Wildman–Crippen LogP) is 4.16. The molecule has 3 aliphatic rings. The van der Waals surface area contributed by atoms with Crippen molar-refractivity contribution in [3.63, 3.8) is 0 Å². The van der Waals surface area contributed by atoms with Crippen molar-refractivity contribution in [1.82, 2.24) is 20.2 Å². The number of hydrogen-bond acceptors (Lipinski definition) is 8. The van der Waals surface area contributed by atoms with Crippen LogP contribution in [0.25, 0.3) is 0 Å². The van der Waals surface area contributed by atoms with Crippen LogP contribution in [0.4, 0.5) is 23.1 Å². The Morgan fingerprint density at radius 3 is 2.59 bits per heavy atom. The van der Waals surface area contributed by atoms with Gasteiger partial charge in [0.1, 0.15) is 11.4 Å². The van der Waals surface area contributed by atoms with Gasteiger partial charge in [-0.1, -0.05) is 19.4 Å². The van der Waals surface area contributed by atoms with Crippen molar-refractivity contribution in [1.29, 1.82) is 0 Å². The number of benzene rings is 1. The van der Waals surface area contributed by atoms with E-state index in [4.69, 9.17) is 9.72 Å². The Balaban J connectivity index is 1.36. The van der Waals surface area contributed by atoms with Crippen LogP contribution in [0.3, 0.4) is 0 Å². The minimum absolute atomic E-state index is 0.0730. The first kappa shape index (κ1) is 25.3. The first-order valence-electron chi connectivity index (χ1n) is 13.4. The van der Waals surface area contributed by atoms with Crippen molar-refractivity contribution in [3.8, 4) is 5.75 Å². The third-order valence-corrected chi connectivity index (χ3v) is 8.03. The summed E-state index contributed by atoms with van der Waals surface area (Å²) in [5, 5.41) is 6.50. The maximum atomic E-state index is 12.9. The molecule has 2 aliphatic heterocycles. The number of amides is 1. The number of hydrogen-bond donors (Lipinski definition) is 2. The summed E-state index contributed by atoms with van der Waals surface area (Å²) in [4.78, 5) is 29.3. The second-order valence-electron chi connectivity index (χ2n) is 10.5. The number of nitrogens with one attached hydrogen (secondary N) is 2. The van der Waals surface area contributed by atoms with Gasteiger partial charge in [0.2, 0.25) is 5.95 Å². The fourth-order valence-corrected chi connectivity index (χ4v) is 5.62. The van der Waals surface area contributed by atoms with Gasteiger partial charge in [-0.3, -0.25) is 4.79 Å². The second-order valence-corrected chi connectivity index (χ2v) is 10.5. The van der Waals surface area contributed by atoms with Crippen LogP contribution in [0.2, 0.25) is 0 Å². The largest absolute Gasteiger partial charge is 0.495 e. The fourth-order valence-electron chi connectivity index (χ4n) is 5.62. The van der Waals surface area contributed by atoms with Crippen molar-refractivity contribution in [3.05, 3.63) is 42.2 Å². The molecule has 2 fully saturated rings. The minimum atomic E-state index is -0.0730. The molecule has 0 unspecified atom stereocenters. The van der Waals surface area contributed by atoms with Gasteiger partial charge < -0.3 is 30.1 Å². The molecule has 198 valence electrons. The minimum Gasteiger partial charge on any atom is -0.495 e. The van der Waals surface area contributed by atoms with Gasteiger partial charge in [0.25, 0.3) is 5.91 Å². The number of fused-ring (bicyclic) bond motifs is 1. The van der Waals surface area contributed by atoms with Crippen molar-refractivity contribution < 1.29 is 9.53 Å². The molecule has 1 amide bonds. The summed E-state index contributed by atoms with van der Waals surface area (Å²) in [6, 6.07) is 6.16. The van der Waals surface area contributed by atoms with E-state index >= 15 is 0 Å². The number of carbonyl (C=O) groups excluding carboxylic acids is 1. The number of piperidine rings is 1. The molecule has 1 aromatic heterocycles. The van der Waals surface area contributed by atoms with Gasteiger partial charge in [0, 0.05) is 43.4 Å². The van der Waals surface area contributed by atoms with E-state index in [1.807, 2.05) is 25.4 Å². The summed E-state index contributed by atoms with van der Waals surface area (Å²) in [6.07, 6.45) is 9.62. The first-order valence-corrected chi connectivity index (χ1v) is 13.4. The molecule has 2 aromatic rings. The average Bonchev–Trinajstić information content (AvgIpc) is 3.41. The number of ether oxygens (including phenoxy) is 1. The average molecular weight is 506 g/mol. The number of anilines is 4. The first-order chi connectivity index (χ1) is 17.9. The summed E-state index contributed by atoms with van der Waals surface area (Å²) in [7, 11) is 5.76. The number of methoxy groups -OCH3 is 1. The van der Waals surface area contributed by atoms with Crippen LogP contribution >= 0.6 is 0 Å². The van der Waals surface area contributed by atoms with Crippen molar-refractivity contribution in [2.45, 2.75) is 57.0 Å². The van der Waals surface area contributed by atoms with Gasteiger partial charge in [0.15, 0.2) is 5.82 Å². The van der Waals surface area contributed by atoms with E-state index in [1.54, 1.807) is 13.2 Å². The number of carbonyl (C=O) groups is 1. The Kier molecular flexibility index (Phi) is 7.50. The quantitative estimate of drug-likeness (QED) is 0.606. The van der Waals surface area contributed by atoms with Gasteiger partial charge in [-0.25, -0.2) is 4.98 Å². The maximum absolute atomic E-state index is 12.9. The molecule has 1 saturated heterocycles. The fraction of sp³-hybridized carbons (Fsp3) is 0.536. The number of likely N-dealkylation sites (tertiary alicyclic amines) is 1. The molecular weight excluding hydrogens is 466 g/mol. The lowest BCUT2D eigenvalue weighted by Gasteiger charge is -2.30. The molecule has 9 nitrogen and oxygen atoms in total. The molecule has 3 heterocycles. The Bertz CT molecular complexity index is 1140. The van der Waals surface area contributed by atoms with Crippen molar-refractivity contribution in [2.75, 3.05) is 56.0 Å². The SMILES string of the molecule is C=C1CCN(C2CCCC2)c2nc(Nc3ccc(C(=O)NC4CCN(C)CC4)cc3OC)ncc2N1C. The smallest absolute Gasteiger partial charge is 0.251 e. The lowest BCUT2D eigenvalue weighted by Crippen LogP contribution is -2.43. The molecule has 0 atom stereocenters. The summed E-state index contributed by atoms with van der Waals surface area (Å²) in [5.74, 6) is 1.95. The molecule has 1 aromatic carbocycles. The highest BCUT2D eigenvalue weighted by molar-refractivity contribution is 5.95. The van der Waals surface area contributed by atoms with Crippen LogP contribution in [-0.2, 0) is 0 Å².